The number of fused-ring (bicyclic) bond motifs is 1. The molecule has 1 N–H and O–H groups in total. The third kappa shape index (κ3) is 4.57. The van der Waals surface area contributed by atoms with Crippen molar-refractivity contribution in [2.24, 2.45) is 0 Å². The highest BCUT2D eigenvalue weighted by molar-refractivity contribution is 5.72. The quantitative estimate of drug-likeness (QED) is 0.461. The van der Waals surface area contributed by atoms with Gasteiger partial charge in [0.2, 0.25) is 5.89 Å². The van der Waals surface area contributed by atoms with Crippen LogP contribution in [0.25, 0.3) is 28.6 Å². The van der Waals surface area contributed by atoms with E-state index in [0.717, 1.165) is 5.69 Å². The first-order valence-corrected chi connectivity index (χ1v) is 11.6. The SMILES string of the molecule is CC(C)(C)OC(=O)N1CCC(c2cc(=O)[nH]c3c(-c4nnc(-c5ccc(C#N)cc5)o4)cnn23)CC1. The first kappa shape index (κ1) is 23.3. The van der Waals surface area contributed by atoms with Crippen LogP contribution in [0.5, 0.6) is 0 Å². The fourth-order valence-corrected chi connectivity index (χ4v) is 4.28. The van der Waals surface area contributed by atoms with Gasteiger partial charge < -0.3 is 19.0 Å². The molecule has 11 heteroatoms. The summed E-state index contributed by atoms with van der Waals surface area (Å²) in [6.45, 7) is 6.59. The number of hydrogen-bond acceptors (Lipinski definition) is 8. The van der Waals surface area contributed by atoms with Crippen molar-refractivity contribution in [1.29, 1.82) is 5.26 Å². The number of aromatic amines is 1. The molecule has 0 spiro atoms. The molecule has 11 nitrogen and oxygen atoms in total. The van der Waals surface area contributed by atoms with Crippen LogP contribution in [0.4, 0.5) is 4.79 Å². The summed E-state index contributed by atoms with van der Waals surface area (Å²) in [5.74, 6) is 0.553. The lowest BCUT2D eigenvalue weighted by Gasteiger charge is -2.33. The van der Waals surface area contributed by atoms with E-state index in [1.165, 1.54) is 0 Å². The highest BCUT2D eigenvalue weighted by Crippen LogP contribution is 2.31. The second-order valence-corrected chi connectivity index (χ2v) is 9.72. The zero-order valence-electron chi connectivity index (χ0n) is 20.2. The molecule has 5 rings (SSSR count). The van der Waals surface area contributed by atoms with E-state index < -0.39 is 5.60 Å². The molecule has 3 aromatic heterocycles. The number of carbonyl (C=O) groups excluding carboxylic acids is 1. The molecule has 184 valence electrons. The fourth-order valence-electron chi connectivity index (χ4n) is 4.28. The average Bonchev–Trinajstić information content (AvgIpc) is 3.50. The number of piperidine rings is 1. The number of carbonyl (C=O) groups is 1. The summed E-state index contributed by atoms with van der Waals surface area (Å²) in [5, 5.41) is 21.7. The van der Waals surface area contributed by atoms with Crippen LogP contribution in [0.3, 0.4) is 0 Å². The van der Waals surface area contributed by atoms with Gasteiger partial charge in [0.1, 0.15) is 16.8 Å². The largest absolute Gasteiger partial charge is 0.444 e. The predicted octanol–water partition coefficient (Wildman–Crippen LogP) is 3.73. The van der Waals surface area contributed by atoms with E-state index in [-0.39, 0.29) is 23.5 Å². The molecule has 0 radical (unpaired) electrons. The zero-order valence-corrected chi connectivity index (χ0v) is 20.2. The van der Waals surface area contributed by atoms with Gasteiger partial charge in [-0.2, -0.15) is 10.4 Å². The van der Waals surface area contributed by atoms with Gasteiger partial charge in [0.05, 0.1) is 23.5 Å². The molecule has 1 aromatic carbocycles. The maximum Gasteiger partial charge on any atom is 0.410 e. The Labute approximate surface area is 206 Å². The zero-order chi connectivity index (χ0) is 25.4. The van der Waals surface area contributed by atoms with Gasteiger partial charge in [0, 0.05) is 30.6 Å². The van der Waals surface area contributed by atoms with E-state index >= 15 is 0 Å². The first-order valence-electron chi connectivity index (χ1n) is 11.6. The molecule has 4 aromatic rings. The summed E-state index contributed by atoms with van der Waals surface area (Å²) in [4.78, 5) is 29.5. The second-order valence-electron chi connectivity index (χ2n) is 9.72. The van der Waals surface area contributed by atoms with Crippen molar-refractivity contribution in [2.75, 3.05) is 13.1 Å². The van der Waals surface area contributed by atoms with Gasteiger partial charge in [-0.05, 0) is 57.9 Å². The Hall–Kier alpha value is -4.46. The van der Waals surface area contributed by atoms with E-state index in [4.69, 9.17) is 14.4 Å². The van der Waals surface area contributed by atoms with E-state index in [2.05, 4.69) is 26.3 Å². The van der Waals surface area contributed by atoms with Crippen LogP contribution >= 0.6 is 0 Å². The van der Waals surface area contributed by atoms with E-state index in [9.17, 15) is 9.59 Å². The molecule has 1 amide bonds. The van der Waals surface area contributed by atoms with Gasteiger partial charge in [0.15, 0.2) is 0 Å². The number of nitriles is 1. The van der Waals surface area contributed by atoms with E-state index in [0.29, 0.717) is 54.2 Å². The van der Waals surface area contributed by atoms with Crippen molar-refractivity contribution in [1.82, 2.24) is 29.7 Å². The Morgan fingerprint density at radius 2 is 1.86 bits per heavy atom. The fraction of sp³-hybridized carbons (Fsp3) is 0.360. The smallest absolute Gasteiger partial charge is 0.410 e. The number of nitrogens with one attached hydrogen (secondary N) is 1. The molecular weight excluding hydrogens is 462 g/mol. The number of amides is 1. The maximum atomic E-state index is 12.6. The van der Waals surface area contributed by atoms with Gasteiger partial charge in [-0.1, -0.05) is 0 Å². The summed E-state index contributed by atoms with van der Waals surface area (Å²) < 4.78 is 13.0. The Morgan fingerprint density at radius 1 is 1.17 bits per heavy atom. The normalized spacial score (nSPS) is 14.7. The van der Waals surface area contributed by atoms with Crippen molar-refractivity contribution in [3.63, 3.8) is 0 Å². The van der Waals surface area contributed by atoms with Crippen LogP contribution in [0.1, 0.15) is 50.8 Å². The molecule has 0 atom stereocenters. The maximum absolute atomic E-state index is 12.6. The molecule has 4 heterocycles. The average molecular weight is 488 g/mol. The third-order valence-electron chi connectivity index (χ3n) is 6.02. The lowest BCUT2D eigenvalue weighted by Crippen LogP contribution is -2.41. The number of benzene rings is 1. The predicted molar refractivity (Wildman–Crippen MR) is 129 cm³/mol. The summed E-state index contributed by atoms with van der Waals surface area (Å²) in [6.07, 6.45) is 2.61. The Kier molecular flexibility index (Phi) is 5.80. The number of H-pyrrole nitrogens is 1. The summed E-state index contributed by atoms with van der Waals surface area (Å²) in [5.41, 5.74) is 2.12. The molecule has 0 unspecified atom stereocenters. The van der Waals surface area contributed by atoms with Gasteiger partial charge in [0.25, 0.3) is 11.4 Å². The molecule has 1 aliphatic rings. The van der Waals surface area contributed by atoms with Crippen molar-refractivity contribution in [2.45, 2.75) is 45.1 Å². The molecule has 0 aliphatic carbocycles. The van der Waals surface area contributed by atoms with Crippen LogP contribution in [-0.4, -0.2) is 54.5 Å². The molecule has 1 saturated heterocycles. The number of likely N-dealkylation sites (tertiary alicyclic amines) is 1. The van der Waals surface area contributed by atoms with Crippen molar-refractivity contribution >= 4 is 11.7 Å². The summed E-state index contributed by atoms with van der Waals surface area (Å²) in [7, 11) is 0. The van der Waals surface area contributed by atoms with Crippen LogP contribution < -0.4 is 5.56 Å². The van der Waals surface area contributed by atoms with E-state index in [1.807, 2.05) is 20.8 Å². The minimum absolute atomic E-state index is 0.0399. The lowest BCUT2D eigenvalue weighted by atomic mass is 9.93. The molecular formula is C25H25N7O4. The van der Waals surface area contributed by atoms with Crippen molar-refractivity contribution in [3.8, 4) is 29.0 Å². The molecule has 36 heavy (non-hydrogen) atoms. The number of aromatic nitrogens is 5. The van der Waals surface area contributed by atoms with Gasteiger partial charge in [-0.15, -0.1) is 10.2 Å². The van der Waals surface area contributed by atoms with Gasteiger partial charge in [-0.3, -0.25) is 4.79 Å². The topological polar surface area (TPSA) is 142 Å². The molecule has 0 bridgehead atoms. The second kappa shape index (κ2) is 8.96. The summed E-state index contributed by atoms with van der Waals surface area (Å²) in [6, 6.07) is 10.4. The standard InChI is InChI=1S/C25H25N7O4/c1-25(2,3)36-24(34)31-10-8-16(9-11-31)19-12-20(33)28-21-18(14-27-32(19)21)23-30-29-22(35-23)17-6-4-15(13-26)5-7-17/h4-7,12,14,16H,8-11H2,1-3H3,(H,28,33). The highest BCUT2D eigenvalue weighted by atomic mass is 16.6. The number of hydrogen-bond donors (Lipinski definition) is 1. The minimum atomic E-state index is -0.549. The minimum Gasteiger partial charge on any atom is -0.444 e. The monoisotopic (exact) mass is 487 g/mol. The number of ether oxygens (including phenoxy) is 1. The van der Waals surface area contributed by atoms with Gasteiger partial charge >= 0.3 is 6.09 Å². The number of rotatable bonds is 3. The molecule has 1 fully saturated rings. The van der Waals surface area contributed by atoms with Crippen LogP contribution in [0.2, 0.25) is 0 Å². The van der Waals surface area contributed by atoms with E-state index in [1.54, 1.807) is 45.9 Å². The van der Waals surface area contributed by atoms with Crippen LogP contribution in [-0.2, 0) is 4.74 Å². The van der Waals surface area contributed by atoms with Gasteiger partial charge in [-0.25, -0.2) is 9.31 Å². The molecule has 1 aliphatic heterocycles. The summed E-state index contributed by atoms with van der Waals surface area (Å²) >= 11 is 0. The Morgan fingerprint density at radius 3 is 2.53 bits per heavy atom. The Balaban J connectivity index is 1.40. The van der Waals surface area contributed by atoms with Crippen LogP contribution in [0.15, 0.2) is 45.7 Å². The first-order chi connectivity index (χ1) is 17.2. The highest BCUT2D eigenvalue weighted by Gasteiger charge is 2.29. The van der Waals surface area contributed by atoms with Crippen molar-refractivity contribution < 1.29 is 13.9 Å². The third-order valence-corrected chi connectivity index (χ3v) is 6.02. The van der Waals surface area contributed by atoms with Crippen molar-refractivity contribution in [3.05, 3.63) is 58.1 Å². The lowest BCUT2D eigenvalue weighted by molar-refractivity contribution is 0.0203. The molecule has 0 saturated carbocycles. The Bertz CT molecular complexity index is 1510. The van der Waals surface area contributed by atoms with Crippen LogP contribution in [0, 0.1) is 11.3 Å². The number of nitrogens with zero attached hydrogens (tertiary/aromatic N) is 6.